The Hall–Kier alpha value is -1.07. The van der Waals surface area contributed by atoms with Crippen molar-refractivity contribution in [3.05, 3.63) is 35.4 Å². The van der Waals surface area contributed by atoms with Gasteiger partial charge in [-0.05, 0) is 25.0 Å². The SMILES string of the molecule is O=S1(=O)CCC(c2ncc3c(Cl)cccn23)CC1. The first-order valence-corrected chi connectivity index (χ1v) is 8.09. The Morgan fingerprint density at radius 1 is 1.33 bits per heavy atom. The Labute approximate surface area is 111 Å². The summed E-state index contributed by atoms with van der Waals surface area (Å²) in [6.07, 6.45) is 4.97. The van der Waals surface area contributed by atoms with E-state index in [9.17, 15) is 8.42 Å². The molecular formula is C12H13ClN2O2S. The highest BCUT2D eigenvalue weighted by molar-refractivity contribution is 7.91. The van der Waals surface area contributed by atoms with Gasteiger partial charge < -0.3 is 4.40 Å². The molecule has 18 heavy (non-hydrogen) atoms. The zero-order chi connectivity index (χ0) is 12.8. The molecule has 4 nitrogen and oxygen atoms in total. The molecule has 0 N–H and O–H groups in total. The molecule has 0 aliphatic carbocycles. The summed E-state index contributed by atoms with van der Waals surface area (Å²) >= 11 is 6.10. The number of aromatic nitrogens is 2. The number of sulfone groups is 1. The molecule has 2 aromatic rings. The van der Waals surface area contributed by atoms with Crippen molar-refractivity contribution in [1.82, 2.24) is 9.38 Å². The van der Waals surface area contributed by atoms with Crippen LogP contribution in [0.4, 0.5) is 0 Å². The largest absolute Gasteiger partial charge is 0.302 e. The maximum absolute atomic E-state index is 11.4. The zero-order valence-corrected chi connectivity index (χ0v) is 11.3. The van der Waals surface area contributed by atoms with Crippen LogP contribution in [0.2, 0.25) is 5.02 Å². The van der Waals surface area contributed by atoms with Gasteiger partial charge in [-0.2, -0.15) is 0 Å². The topological polar surface area (TPSA) is 51.4 Å². The molecule has 3 heterocycles. The minimum absolute atomic E-state index is 0.203. The van der Waals surface area contributed by atoms with Crippen LogP contribution in [0.1, 0.15) is 24.6 Å². The van der Waals surface area contributed by atoms with Crippen LogP contribution in [0.25, 0.3) is 5.52 Å². The highest BCUT2D eigenvalue weighted by atomic mass is 35.5. The van der Waals surface area contributed by atoms with Crippen LogP contribution in [0.5, 0.6) is 0 Å². The van der Waals surface area contributed by atoms with E-state index in [1.165, 1.54) is 0 Å². The highest BCUT2D eigenvalue weighted by Crippen LogP contribution is 2.30. The van der Waals surface area contributed by atoms with Gasteiger partial charge in [0.15, 0.2) is 0 Å². The van der Waals surface area contributed by atoms with E-state index >= 15 is 0 Å². The van der Waals surface area contributed by atoms with Crippen molar-refractivity contribution in [2.24, 2.45) is 0 Å². The molecule has 0 bridgehead atoms. The predicted octanol–water partition coefficient (Wildman–Crippen LogP) is 2.28. The van der Waals surface area contributed by atoms with Gasteiger partial charge in [-0.25, -0.2) is 13.4 Å². The fourth-order valence-corrected chi connectivity index (χ4v) is 4.16. The summed E-state index contributed by atoms with van der Waals surface area (Å²) < 4.78 is 24.8. The molecule has 6 heteroatoms. The van der Waals surface area contributed by atoms with Gasteiger partial charge in [0.05, 0.1) is 28.2 Å². The van der Waals surface area contributed by atoms with Gasteiger partial charge in [0.2, 0.25) is 0 Å². The molecular weight excluding hydrogens is 272 g/mol. The lowest BCUT2D eigenvalue weighted by atomic mass is 10.0. The third-order valence-electron chi connectivity index (χ3n) is 3.47. The number of nitrogens with zero attached hydrogens (tertiary/aromatic N) is 2. The van der Waals surface area contributed by atoms with Gasteiger partial charge in [-0.1, -0.05) is 11.6 Å². The summed E-state index contributed by atoms with van der Waals surface area (Å²) in [5.74, 6) is 1.64. The summed E-state index contributed by atoms with van der Waals surface area (Å²) in [7, 11) is -2.83. The number of halogens is 1. The lowest BCUT2D eigenvalue weighted by molar-refractivity contribution is 0.536. The standard InChI is InChI=1S/C12H13ClN2O2S/c13-10-2-1-5-15-11(10)8-14-12(15)9-3-6-18(16,17)7-4-9/h1-2,5,8-9H,3-4,6-7H2. The van der Waals surface area contributed by atoms with Crippen molar-refractivity contribution in [1.29, 1.82) is 0 Å². The van der Waals surface area contributed by atoms with Gasteiger partial charge in [0, 0.05) is 12.1 Å². The molecule has 0 saturated carbocycles. The van der Waals surface area contributed by atoms with Crippen molar-refractivity contribution < 1.29 is 8.42 Å². The predicted molar refractivity (Wildman–Crippen MR) is 70.8 cm³/mol. The molecule has 1 aliphatic rings. The fourth-order valence-electron chi connectivity index (χ4n) is 2.46. The summed E-state index contributed by atoms with van der Waals surface area (Å²) in [5.41, 5.74) is 0.877. The number of imidazole rings is 1. The minimum atomic E-state index is -2.83. The smallest absolute Gasteiger partial charge is 0.150 e. The summed E-state index contributed by atoms with van der Waals surface area (Å²) in [4.78, 5) is 4.41. The Morgan fingerprint density at radius 3 is 2.78 bits per heavy atom. The molecule has 0 unspecified atom stereocenters. The Balaban J connectivity index is 1.99. The lowest BCUT2D eigenvalue weighted by Gasteiger charge is -2.20. The van der Waals surface area contributed by atoms with Gasteiger partial charge in [-0.15, -0.1) is 0 Å². The maximum atomic E-state index is 11.4. The maximum Gasteiger partial charge on any atom is 0.150 e. The molecule has 2 aromatic heterocycles. The second kappa shape index (κ2) is 4.24. The summed E-state index contributed by atoms with van der Waals surface area (Å²) in [6.45, 7) is 0. The normalized spacial score (nSPS) is 20.3. The fraction of sp³-hybridized carbons (Fsp3) is 0.417. The quantitative estimate of drug-likeness (QED) is 0.807. The van der Waals surface area contributed by atoms with E-state index in [2.05, 4.69) is 4.98 Å². The molecule has 0 amide bonds. The molecule has 1 fully saturated rings. The van der Waals surface area contributed by atoms with E-state index in [4.69, 9.17) is 11.6 Å². The van der Waals surface area contributed by atoms with Crippen LogP contribution in [-0.2, 0) is 9.84 Å². The summed E-state index contributed by atoms with van der Waals surface area (Å²) in [6, 6.07) is 3.70. The van der Waals surface area contributed by atoms with Crippen LogP contribution in [0.3, 0.4) is 0 Å². The third kappa shape index (κ3) is 2.01. The van der Waals surface area contributed by atoms with Crippen LogP contribution >= 0.6 is 11.6 Å². The van der Waals surface area contributed by atoms with E-state index in [1.54, 1.807) is 6.20 Å². The van der Waals surface area contributed by atoms with Crippen molar-refractivity contribution in [2.45, 2.75) is 18.8 Å². The first-order valence-electron chi connectivity index (χ1n) is 5.89. The van der Waals surface area contributed by atoms with Gasteiger partial charge in [0.25, 0.3) is 0 Å². The molecule has 1 saturated heterocycles. The van der Waals surface area contributed by atoms with Gasteiger partial charge in [0.1, 0.15) is 15.7 Å². The molecule has 0 radical (unpaired) electrons. The molecule has 3 rings (SSSR count). The Kier molecular flexibility index (Phi) is 2.83. The zero-order valence-electron chi connectivity index (χ0n) is 9.71. The molecule has 96 valence electrons. The van der Waals surface area contributed by atoms with Crippen LogP contribution < -0.4 is 0 Å². The van der Waals surface area contributed by atoms with E-state index < -0.39 is 9.84 Å². The van der Waals surface area contributed by atoms with E-state index in [1.807, 2.05) is 22.7 Å². The van der Waals surface area contributed by atoms with E-state index in [0.29, 0.717) is 17.9 Å². The number of rotatable bonds is 1. The first kappa shape index (κ1) is 12.0. The molecule has 0 atom stereocenters. The monoisotopic (exact) mass is 284 g/mol. The van der Waals surface area contributed by atoms with E-state index in [0.717, 1.165) is 11.3 Å². The van der Waals surface area contributed by atoms with Crippen molar-refractivity contribution in [2.75, 3.05) is 11.5 Å². The average Bonchev–Trinajstić information content (AvgIpc) is 2.74. The number of fused-ring (bicyclic) bond motifs is 1. The van der Waals surface area contributed by atoms with E-state index in [-0.39, 0.29) is 17.4 Å². The van der Waals surface area contributed by atoms with Crippen molar-refractivity contribution in [3.8, 4) is 0 Å². The molecule has 1 aliphatic heterocycles. The number of hydrogen-bond acceptors (Lipinski definition) is 3. The highest BCUT2D eigenvalue weighted by Gasteiger charge is 2.27. The lowest BCUT2D eigenvalue weighted by Crippen LogP contribution is -2.23. The van der Waals surface area contributed by atoms with Crippen LogP contribution in [0.15, 0.2) is 24.5 Å². The first-order chi connectivity index (χ1) is 8.57. The third-order valence-corrected chi connectivity index (χ3v) is 5.50. The van der Waals surface area contributed by atoms with Gasteiger partial charge in [-0.3, -0.25) is 0 Å². The van der Waals surface area contributed by atoms with Crippen molar-refractivity contribution >= 4 is 27.0 Å². The molecule has 0 aromatic carbocycles. The van der Waals surface area contributed by atoms with Gasteiger partial charge >= 0.3 is 0 Å². The number of pyridine rings is 1. The second-order valence-electron chi connectivity index (χ2n) is 4.65. The van der Waals surface area contributed by atoms with Crippen molar-refractivity contribution in [3.63, 3.8) is 0 Å². The minimum Gasteiger partial charge on any atom is -0.302 e. The van der Waals surface area contributed by atoms with Crippen LogP contribution in [0, 0.1) is 0 Å². The number of hydrogen-bond donors (Lipinski definition) is 0. The second-order valence-corrected chi connectivity index (χ2v) is 7.36. The summed E-state index contributed by atoms with van der Waals surface area (Å²) in [5, 5.41) is 0.666. The Bertz CT molecular complexity index is 679. The van der Waals surface area contributed by atoms with Crippen LogP contribution in [-0.4, -0.2) is 29.3 Å². The molecule has 0 spiro atoms. The Morgan fingerprint density at radius 2 is 2.06 bits per heavy atom. The average molecular weight is 285 g/mol.